The molecule has 2 aliphatic rings. The van der Waals surface area contributed by atoms with E-state index in [4.69, 9.17) is 106 Å². The summed E-state index contributed by atoms with van der Waals surface area (Å²) in [6, 6.07) is 8.26. The summed E-state index contributed by atoms with van der Waals surface area (Å²) in [5, 5.41) is 64.3. The molecule has 2 saturated heterocycles. The van der Waals surface area contributed by atoms with Gasteiger partial charge in [-0.05, 0) is 42.7 Å². The Morgan fingerprint density at radius 3 is 1.61 bits per heavy atom. The number of terminal acetylenes is 1. The quantitative estimate of drug-likeness (QED) is 0.0222. The van der Waals surface area contributed by atoms with Crippen molar-refractivity contribution in [3.8, 4) is 17.8 Å². The molecule has 0 bridgehead atoms. The lowest BCUT2D eigenvalue weighted by molar-refractivity contribution is -0.271. The van der Waals surface area contributed by atoms with Gasteiger partial charge >= 0.3 is 19.6 Å². The average Bonchev–Trinajstić information content (AvgIpc) is 1.57. The minimum atomic E-state index is -4.24. The van der Waals surface area contributed by atoms with Crippen molar-refractivity contribution in [2.45, 2.75) is 56.2 Å². The number of carbonyl (C=O) groups is 4. The van der Waals surface area contributed by atoms with Crippen LogP contribution in [0.2, 0.25) is 10.0 Å². The summed E-state index contributed by atoms with van der Waals surface area (Å²) in [5.74, 6) is -3.10. The van der Waals surface area contributed by atoms with Gasteiger partial charge in [-0.3, -0.25) is 19.3 Å². The molecule has 3 unspecified atom stereocenters. The maximum absolute atomic E-state index is 13.9. The van der Waals surface area contributed by atoms with Crippen LogP contribution in [0.25, 0.3) is 0 Å². The Hall–Kier alpha value is -5.38. The number of hydrogen-bond acceptors (Lipinski definition) is 25. The molecule has 0 spiro atoms. The molecule has 3 aromatic rings. The minimum Gasteiger partial charge on any atom is -0.479 e. The fourth-order valence-corrected chi connectivity index (χ4v) is 9.73. The van der Waals surface area contributed by atoms with Crippen LogP contribution in [0.3, 0.4) is 0 Å². The summed E-state index contributed by atoms with van der Waals surface area (Å²) < 4.78 is 96.0. The molecule has 90 heavy (non-hydrogen) atoms. The molecule has 0 radical (unpaired) electrons. The van der Waals surface area contributed by atoms with E-state index in [1.807, 2.05) is 0 Å². The summed E-state index contributed by atoms with van der Waals surface area (Å²) in [5.41, 5.74) is 2.32. The number of aliphatic hydroxyl groups is 4. The molecule has 0 saturated carbocycles. The number of hydrogen-bond donors (Lipinski definition) is 9. The van der Waals surface area contributed by atoms with E-state index >= 15 is 0 Å². The van der Waals surface area contributed by atoms with Gasteiger partial charge in [0.15, 0.2) is 6.10 Å². The first-order valence-electron chi connectivity index (χ1n) is 28.8. The van der Waals surface area contributed by atoms with Crippen molar-refractivity contribution in [1.82, 2.24) is 20.4 Å². The number of carboxylic acid groups (broad SMARTS) is 1. The molecule has 3 amide bonds. The summed E-state index contributed by atoms with van der Waals surface area (Å²) in [6.07, 6.45) is -2.93. The number of amides is 3. The molecule has 3 heterocycles. The number of aliphatic hydroxyl groups excluding tert-OH is 4. The molecule has 34 heteroatoms. The van der Waals surface area contributed by atoms with E-state index < -0.39 is 62.1 Å². The zero-order valence-electron chi connectivity index (χ0n) is 49.6. The highest BCUT2D eigenvalue weighted by Gasteiger charge is 2.48. The number of rotatable bonds is 47. The van der Waals surface area contributed by atoms with Crippen molar-refractivity contribution < 1.29 is 120 Å². The Morgan fingerprint density at radius 2 is 1.14 bits per heavy atom. The van der Waals surface area contributed by atoms with Gasteiger partial charge in [-0.25, -0.2) is 9.59 Å². The number of carbonyl (C=O) groups excluding carboxylic acids is 3. The van der Waals surface area contributed by atoms with E-state index in [1.54, 1.807) is 6.07 Å². The monoisotopic (exact) mass is 1340 g/mol. The highest BCUT2D eigenvalue weighted by molar-refractivity contribution is 7.65. The molecule has 0 aliphatic carbocycles. The van der Waals surface area contributed by atoms with E-state index in [2.05, 4.69) is 31.6 Å². The summed E-state index contributed by atoms with van der Waals surface area (Å²) in [7, 11) is -4.24. The number of nitrogens with zero attached hydrogens (tertiary/aromatic N) is 2. The Balaban J connectivity index is 0.929. The molecule has 2 fully saturated rings. The van der Waals surface area contributed by atoms with Crippen LogP contribution in [0.5, 0.6) is 5.75 Å². The van der Waals surface area contributed by atoms with Crippen molar-refractivity contribution >= 4 is 66.0 Å². The lowest BCUT2D eigenvalue weighted by Gasteiger charge is -2.38. The fraction of sp³-hybridized carbons (Fsp3) is 0.625. The molecule has 5 rings (SSSR count). The second-order valence-electron chi connectivity index (χ2n) is 19.3. The van der Waals surface area contributed by atoms with Crippen LogP contribution < -0.4 is 20.5 Å². The number of ether oxygens (including phenoxy) is 14. The first kappa shape index (κ1) is 75.3. The third-order valence-electron chi connectivity index (χ3n) is 12.7. The number of piperidine rings is 1. The maximum atomic E-state index is 13.9. The first-order valence-corrected chi connectivity index (χ1v) is 31.2. The number of carboxylic acids is 1. The molecule has 9 N–H and O–H groups in total. The van der Waals surface area contributed by atoms with Crippen molar-refractivity contribution in [3.05, 3.63) is 69.5 Å². The lowest BCUT2D eigenvalue weighted by Crippen LogP contribution is -2.61. The molecule has 31 nitrogen and oxygen atoms in total. The van der Waals surface area contributed by atoms with Crippen LogP contribution in [0.4, 0.5) is 16.2 Å². The second-order valence-corrected chi connectivity index (χ2v) is 21.9. The smallest absolute Gasteiger partial charge is 0.410 e. The van der Waals surface area contributed by atoms with Crippen LogP contribution in [-0.4, -0.2) is 273 Å². The van der Waals surface area contributed by atoms with E-state index in [1.165, 1.54) is 41.4 Å². The lowest BCUT2D eigenvalue weighted by atomic mass is 9.99. The largest absolute Gasteiger partial charge is 0.479 e. The van der Waals surface area contributed by atoms with Gasteiger partial charge in [0.05, 0.1) is 192 Å². The van der Waals surface area contributed by atoms with Crippen molar-refractivity contribution in [2.24, 2.45) is 0 Å². The third-order valence-corrected chi connectivity index (χ3v) is 14.8. The summed E-state index contributed by atoms with van der Waals surface area (Å²) in [4.78, 5) is 52.8. The van der Waals surface area contributed by atoms with Crippen molar-refractivity contribution in [1.29, 1.82) is 0 Å². The fourth-order valence-electron chi connectivity index (χ4n) is 8.14. The maximum Gasteiger partial charge on any atom is 0.410 e. The van der Waals surface area contributed by atoms with Gasteiger partial charge in [-0.1, -0.05) is 35.3 Å². The number of benzene rings is 2. The molecule has 504 valence electrons. The van der Waals surface area contributed by atoms with Crippen LogP contribution in [0.1, 0.15) is 39.3 Å². The Labute approximate surface area is 530 Å². The van der Waals surface area contributed by atoms with Gasteiger partial charge < -0.3 is 117 Å². The number of aromatic amines is 1. The molecule has 2 aromatic carbocycles. The van der Waals surface area contributed by atoms with Gasteiger partial charge in [-0.2, -0.15) is 5.10 Å². The topological polar surface area (TPSA) is 393 Å². The van der Waals surface area contributed by atoms with Crippen molar-refractivity contribution in [3.63, 3.8) is 0 Å². The number of aromatic nitrogens is 2. The Morgan fingerprint density at radius 1 is 0.667 bits per heavy atom. The normalized spacial score (nSPS) is 18.4. The average molecular weight is 1340 g/mol. The minimum absolute atomic E-state index is 0.00594. The number of aliphatic carboxylic acids is 1. The molecule has 6 atom stereocenters. The Kier molecular flexibility index (Phi) is 36.4. The second kappa shape index (κ2) is 43.4. The predicted molar refractivity (Wildman–Crippen MR) is 319 cm³/mol. The van der Waals surface area contributed by atoms with Gasteiger partial charge in [0, 0.05) is 24.8 Å². The third kappa shape index (κ3) is 27.8. The van der Waals surface area contributed by atoms with Gasteiger partial charge in [-0.15, -0.1) is 6.42 Å². The van der Waals surface area contributed by atoms with Crippen LogP contribution >= 0.6 is 30.7 Å². The van der Waals surface area contributed by atoms with E-state index in [9.17, 15) is 44.2 Å². The molecular formula is C56H81Cl2N6O25P. The summed E-state index contributed by atoms with van der Waals surface area (Å²) >= 11 is 12.4. The Bertz CT molecular complexity index is 2650. The number of anilines is 2. The zero-order valence-corrected chi connectivity index (χ0v) is 52.0. The van der Waals surface area contributed by atoms with E-state index in [0.29, 0.717) is 137 Å². The molecular weight excluding hydrogens is 1260 g/mol. The number of halogens is 2. The standard InChI is InChI=1S/C56H81Cl2N6O25P/c1-2-90(74,87-35-34-85-33-32-84-31-30-83-29-28-82-27-26-81-25-24-80-23-22-79-21-20-78-19-18-77-17-16-76-15-14-75-13-12-65)63-43-36-39(6-7-45(43)88-55-50(68)48(66)49(67)51(89-55)54(71)72)38-86-56(73)64-10-8-40(9-11-64)60-53(70)47-44(37-59-62-47)61-52(69)46-41(57)4-3-5-42(46)58/h1,3-7,36-37,40,48-51,55,65-68H,8-35,38H2,(H,59,62)(H,60,70)(H,61,69)(H,63,74)(H,71,72)/t48-,49-,50?,51?,55+,90?/m0/s1. The van der Waals surface area contributed by atoms with Gasteiger partial charge in [0.1, 0.15) is 36.4 Å². The van der Waals surface area contributed by atoms with E-state index in [0.717, 1.165) is 0 Å². The summed E-state index contributed by atoms with van der Waals surface area (Å²) in [6.45, 7) is 7.72. The van der Waals surface area contributed by atoms with Gasteiger partial charge in [0.2, 0.25) is 6.29 Å². The zero-order chi connectivity index (χ0) is 64.8. The van der Waals surface area contributed by atoms with E-state index in [-0.39, 0.29) is 104 Å². The highest BCUT2D eigenvalue weighted by atomic mass is 35.5. The first-order chi connectivity index (χ1) is 43.6. The van der Waals surface area contributed by atoms with Crippen LogP contribution in [0, 0.1) is 12.1 Å². The number of likely N-dealkylation sites (tertiary alicyclic amines) is 1. The molecule has 2 aliphatic heterocycles. The van der Waals surface area contributed by atoms with Crippen LogP contribution in [0.15, 0.2) is 42.6 Å². The van der Waals surface area contributed by atoms with Crippen molar-refractivity contribution in [2.75, 3.05) is 182 Å². The molecule has 1 aromatic heterocycles. The number of H-pyrrole nitrogens is 1. The van der Waals surface area contributed by atoms with Gasteiger partial charge in [0.25, 0.3) is 11.8 Å². The highest BCUT2D eigenvalue weighted by Crippen LogP contribution is 2.48. The predicted octanol–water partition coefficient (Wildman–Crippen LogP) is 2.16. The van der Waals surface area contributed by atoms with Crippen LogP contribution in [-0.2, 0) is 82.1 Å². The SMILES string of the molecule is C#CP(=O)(Nc1cc(COC(=O)N2CCC(NC(=O)c3[nH]ncc3NC(=O)c3c(Cl)cccc3Cl)CC2)ccc1O[C@@H]1OC(C(=O)O)[C@@H](O)[C@H](O)C1O)OCCOCCOCCOCCOCCOCCOCCOCCOCCOCCOCCOCCO. The number of nitrogens with one attached hydrogen (secondary N) is 4.